The summed E-state index contributed by atoms with van der Waals surface area (Å²) in [4.78, 5) is 24.5. The van der Waals surface area contributed by atoms with Crippen molar-refractivity contribution in [3.63, 3.8) is 0 Å². The number of ether oxygens (including phenoxy) is 2. The van der Waals surface area contributed by atoms with Gasteiger partial charge in [0.1, 0.15) is 18.9 Å². The van der Waals surface area contributed by atoms with Crippen LogP contribution in [0.3, 0.4) is 0 Å². The van der Waals surface area contributed by atoms with Gasteiger partial charge in [-0.25, -0.2) is 14.0 Å². The largest absolute Gasteiger partial charge is 0.461 e. The quantitative estimate of drug-likeness (QED) is 0.594. The van der Waals surface area contributed by atoms with E-state index in [4.69, 9.17) is 32.7 Å². The summed E-state index contributed by atoms with van der Waals surface area (Å²) in [7, 11) is 0. The van der Waals surface area contributed by atoms with Gasteiger partial charge in [0.25, 0.3) is 0 Å². The molecule has 0 aromatic heterocycles. The summed E-state index contributed by atoms with van der Waals surface area (Å²) in [6.07, 6.45) is -2.37. The molecule has 3 rings (SSSR count). The summed E-state index contributed by atoms with van der Waals surface area (Å²) >= 11 is 12.9. The van der Waals surface area contributed by atoms with Crippen LogP contribution < -0.4 is 0 Å². The molecule has 1 fully saturated rings. The first-order chi connectivity index (χ1) is 13.3. The Kier molecular flexibility index (Phi) is 6.86. The second-order valence-electron chi connectivity index (χ2n) is 6.31. The maximum Gasteiger partial charge on any atom is 0.338 e. The van der Waals surface area contributed by atoms with Gasteiger partial charge in [-0.3, -0.25) is 0 Å². The van der Waals surface area contributed by atoms with E-state index in [1.807, 2.05) is 0 Å². The predicted octanol–water partition coefficient (Wildman–Crippen LogP) is 5.22. The van der Waals surface area contributed by atoms with Crippen LogP contribution in [0.5, 0.6) is 0 Å². The summed E-state index contributed by atoms with van der Waals surface area (Å²) in [5.74, 6) is -1.19. The van der Waals surface area contributed by atoms with E-state index >= 15 is 0 Å². The van der Waals surface area contributed by atoms with Crippen molar-refractivity contribution < 1.29 is 23.5 Å². The zero-order chi connectivity index (χ0) is 20.3. The molecular formula is C20H17Cl2FO4S. The molecule has 28 heavy (non-hydrogen) atoms. The highest BCUT2D eigenvalue weighted by Gasteiger charge is 2.45. The molecule has 0 radical (unpaired) electrons. The van der Waals surface area contributed by atoms with Crippen molar-refractivity contribution in [1.82, 2.24) is 0 Å². The highest BCUT2D eigenvalue weighted by molar-refractivity contribution is 8.00. The third kappa shape index (κ3) is 4.99. The molecule has 1 aliphatic rings. The Bertz CT molecular complexity index is 844. The normalized spacial score (nSPS) is 24.0. The van der Waals surface area contributed by atoms with E-state index in [2.05, 4.69) is 0 Å². The number of thioether (sulfide) groups is 1. The zero-order valence-corrected chi connectivity index (χ0v) is 17.1. The third-order valence-corrected chi connectivity index (χ3v) is 6.25. The predicted molar refractivity (Wildman–Crippen MR) is 108 cm³/mol. The van der Waals surface area contributed by atoms with Crippen LogP contribution >= 0.6 is 35.0 Å². The van der Waals surface area contributed by atoms with Crippen molar-refractivity contribution in [2.75, 3.05) is 6.61 Å². The number of hydrogen-bond donors (Lipinski definition) is 0. The van der Waals surface area contributed by atoms with Crippen molar-refractivity contribution >= 4 is 46.9 Å². The lowest BCUT2D eigenvalue weighted by Gasteiger charge is -2.20. The van der Waals surface area contributed by atoms with E-state index in [1.165, 1.54) is 23.9 Å². The van der Waals surface area contributed by atoms with Gasteiger partial charge in [0, 0.05) is 15.3 Å². The number of hydrogen-bond acceptors (Lipinski definition) is 5. The molecular weight excluding hydrogens is 426 g/mol. The van der Waals surface area contributed by atoms with E-state index in [-0.39, 0.29) is 17.4 Å². The van der Waals surface area contributed by atoms with Crippen LogP contribution in [0, 0.1) is 0 Å². The van der Waals surface area contributed by atoms with Crippen molar-refractivity contribution in [3.05, 3.63) is 69.7 Å². The number of carbonyl (C=O) groups is 2. The van der Waals surface area contributed by atoms with Gasteiger partial charge >= 0.3 is 11.9 Å². The molecule has 0 aliphatic carbocycles. The first kappa shape index (κ1) is 21.0. The maximum atomic E-state index is 14.6. The minimum absolute atomic E-state index is 0.0740. The van der Waals surface area contributed by atoms with Crippen LogP contribution in [0.2, 0.25) is 10.0 Å². The van der Waals surface area contributed by atoms with Crippen LogP contribution in [-0.2, 0) is 9.47 Å². The topological polar surface area (TPSA) is 52.6 Å². The molecule has 0 saturated carbocycles. The van der Waals surface area contributed by atoms with Crippen molar-refractivity contribution in [3.8, 4) is 0 Å². The van der Waals surface area contributed by atoms with Gasteiger partial charge in [-0.2, -0.15) is 0 Å². The molecule has 1 saturated heterocycles. The summed E-state index contributed by atoms with van der Waals surface area (Å²) < 4.78 is 25.3. The standard InChI is InChI=1S/C20H17Cl2FO4S/c1-11-17(23)18(27-20(25)13-4-8-15(22)9-5-13)16(28-11)10-26-19(24)12-2-6-14(21)7-3-12/h2-9,11,16-18H,10H2,1H3/t11-,16-,17-,18-/m1/s1. The summed E-state index contributed by atoms with van der Waals surface area (Å²) in [5, 5.41) is 0.0999. The Morgan fingerprint density at radius 2 is 1.46 bits per heavy atom. The van der Waals surface area contributed by atoms with Gasteiger partial charge in [0.05, 0.1) is 16.4 Å². The molecule has 2 aromatic rings. The van der Waals surface area contributed by atoms with Gasteiger partial charge in [-0.05, 0) is 48.5 Å². The molecule has 148 valence electrons. The molecule has 4 nitrogen and oxygen atoms in total. The smallest absolute Gasteiger partial charge is 0.338 e. The van der Waals surface area contributed by atoms with Crippen LogP contribution in [0.1, 0.15) is 27.6 Å². The monoisotopic (exact) mass is 442 g/mol. The number of rotatable bonds is 5. The molecule has 0 bridgehead atoms. The van der Waals surface area contributed by atoms with Gasteiger partial charge < -0.3 is 9.47 Å². The Hall–Kier alpha value is -1.76. The third-order valence-electron chi connectivity index (χ3n) is 4.30. The maximum absolute atomic E-state index is 14.6. The number of carbonyl (C=O) groups excluding carboxylic acids is 2. The van der Waals surface area contributed by atoms with Crippen LogP contribution in [0.25, 0.3) is 0 Å². The summed E-state index contributed by atoms with van der Waals surface area (Å²) in [6.45, 7) is 1.63. The van der Waals surface area contributed by atoms with Crippen molar-refractivity contribution in [2.45, 2.75) is 29.7 Å². The fraction of sp³-hybridized carbons (Fsp3) is 0.300. The Labute approximate surface area is 176 Å². The Morgan fingerprint density at radius 3 is 2.00 bits per heavy atom. The number of benzene rings is 2. The Balaban J connectivity index is 1.63. The minimum Gasteiger partial charge on any atom is -0.461 e. The van der Waals surface area contributed by atoms with Crippen molar-refractivity contribution in [1.29, 1.82) is 0 Å². The first-order valence-electron chi connectivity index (χ1n) is 8.54. The zero-order valence-electron chi connectivity index (χ0n) is 14.8. The summed E-state index contributed by atoms with van der Waals surface area (Å²) in [6, 6.07) is 12.4. The van der Waals surface area contributed by atoms with E-state index < -0.39 is 29.5 Å². The average Bonchev–Trinajstić information content (AvgIpc) is 2.95. The lowest BCUT2D eigenvalue weighted by Crippen LogP contribution is -2.36. The highest BCUT2D eigenvalue weighted by atomic mass is 35.5. The van der Waals surface area contributed by atoms with E-state index in [0.29, 0.717) is 15.6 Å². The van der Waals surface area contributed by atoms with Crippen LogP contribution in [0.15, 0.2) is 48.5 Å². The van der Waals surface area contributed by atoms with Gasteiger partial charge in [-0.15, -0.1) is 11.8 Å². The van der Waals surface area contributed by atoms with E-state index in [9.17, 15) is 14.0 Å². The van der Waals surface area contributed by atoms with Crippen LogP contribution in [-0.4, -0.2) is 41.3 Å². The van der Waals surface area contributed by atoms with Gasteiger partial charge in [-0.1, -0.05) is 30.1 Å². The molecule has 1 aliphatic heterocycles. The Morgan fingerprint density at radius 1 is 0.964 bits per heavy atom. The molecule has 0 N–H and O–H groups in total. The number of esters is 2. The van der Waals surface area contributed by atoms with Crippen molar-refractivity contribution in [2.24, 2.45) is 0 Å². The fourth-order valence-corrected chi connectivity index (χ4v) is 4.40. The van der Waals surface area contributed by atoms with Gasteiger partial charge in [0.15, 0.2) is 0 Å². The lowest BCUT2D eigenvalue weighted by atomic mass is 10.1. The number of alkyl halides is 1. The SMILES string of the molecule is C[C@H]1S[C@H](COC(=O)c2ccc(Cl)cc2)[C@@H](OC(=O)c2ccc(Cl)cc2)[C@@H]1F. The number of halogens is 3. The molecule has 0 amide bonds. The molecule has 0 spiro atoms. The second kappa shape index (κ2) is 9.16. The molecule has 1 heterocycles. The average molecular weight is 443 g/mol. The van der Waals surface area contributed by atoms with E-state index in [1.54, 1.807) is 43.3 Å². The van der Waals surface area contributed by atoms with E-state index in [0.717, 1.165) is 0 Å². The van der Waals surface area contributed by atoms with Gasteiger partial charge in [0.2, 0.25) is 0 Å². The molecule has 2 aromatic carbocycles. The minimum atomic E-state index is -1.36. The van der Waals surface area contributed by atoms with Crippen LogP contribution in [0.4, 0.5) is 4.39 Å². The molecule has 0 unspecified atom stereocenters. The second-order valence-corrected chi connectivity index (χ2v) is 8.80. The lowest BCUT2D eigenvalue weighted by molar-refractivity contribution is 0.00209. The fourth-order valence-electron chi connectivity index (χ4n) is 2.78. The highest BCUT2D eigenvalue weighted by Crippen LogP contribution is 2.38. The first-order valence-corrected chi connectivity index (χ1v) is 10.2. The molecule has 4 atom stereocenters. The molecule has 8 heteroatoms. The summed E-state index contributed by atoms with van der Waals surface area (Å²) in [5.41, 5.74) is 0.616.